The van der Waals surface area contributed by atoms with Crippen molar-refractivity contribution in [2.24, 2.45) is 0 Å². The minimum Gasteiger partial charge on any atom is -0.350 e. The van der Waals surface area contributed by atoms with E-state index < -0.39 is 0 Å². The number of hydrogen-bond donors (Lipinski definition) is 2. The zero-order valence-electron chi connectivity index (χ0n) is 15.4. The molecule has 28 heavy (non-hydrogen) atoms. The van der Waals surface area contributed by atoms with Crippen LogP contribution >= 0.6 is 11.6 Å². The molecule has 0 saturated heterocycles. The summed E-state index contributed by atoms with van der Waals surface area (Å²) in [5, 5.41) is 6.35. The maximum atomic E-state index is 12.5. The predicted octanol–water partition coefficient (Wildman–Crippen LogP) is 4.27. The molecule has 2 N–H and O–H groups in total. The number of aryl methyl sites for hydroxylation is 1. The van der Waals surface area contributed by atoms with E-state index in [1.807, 2.05) is 55.5 Å². The SMILES string of the molecule is Cc1ccccc1NC(=O)c1ccnc(C(=O)NCCc2ccc(Cl)cc2)c1. The highest BCUT2D eigenvalue weighted by molar-refractivity contribution is 6.30. The molecular weight excluding hydrogens is 374 g/mol. The lowest BCUT2D eigenvalue weighted by Crippen LogP contribution is -2.27. The van der Waals surface area contributed by atoms with Crippen molar-refractivity contribution >= 4 is 29.1 Å². The first-order valence-electron chi connectivity index (χ1n) is 8.88. The van der Waals surface area contributed by atoms with Crippen molar-refractivity contribution in [3.63, 3.8) is 0 Å². The molecule has 0 aliphatic heterocycles. The monoisotopic (exact) mass is 393 g/mol. The van der Waals surface area contributed by atoms with Gasteiger partial charge in [0, 0.05) is 29.0 Å². The van der Waals surface area contributed by atoms with Crippen LogP contribution in [0.5, 0.6) is 0 Å². The van der Waals surface area contributed by atoms with Gasteiger partial charge in [-0.25, -0.2) is 0 Å². The van der Waals surface area contributed by atoms with Gasteiger partial charge in [0.2, 0.25) is 0 Å². The molecule has 0 fully saturated rings. The number of aromatic nitrogens is 1. The van der Waals surface area contributed by atoms with Crippen LogP contribution in [-0.4, -0.2) is 23.3 Å². The van der Waals surface area contributed by atoms with E-state index in [2.05, 4.69) is 15.6 Å². The molecule has 142 valence electrons. The van der Waals surface area contributed by atoms with Crippen molar-refractivity contribution < 1.29 is 9.59 Å². The number of anilines is 1. The van der Waals surface area contributed by atoms with Crippen molar-refractivity contribution in [1.29, 1.82) is 0 Å². The number of halogens is 1. The van der Waals surface area contributed by atoms with Gasteiger partial charge in [-0.15, -0.1) is 0 Å². The Morgan fingerprint density at radius 1 is 1.00 bits per heavy atom. The molecule has 1 aromatic heterocycles. The van der Waals surface area contributed by atoms with Crippen molar-refractivity contribution in [3.8, 4) is 0 Å². The average Bonchev–Trinajstić information content (AvgIpc) is 2.71. The van der Waals surface area contributed by atoms with Crippen molar-refractivity contribution in [2.75, 3.05) is 11.9 Å². The zero-order valence-corrected chi connectivity index (χ0v) is 16.2. The summed E-state index contributed by atoms with van der Waals surface area (Å²) >= 11 is 5.87. The molecular formula is C22H20ClN3O2. The smallest absolute Gasteiger partial charge is 0.269 e. The Balaban J connectivity index is 1.60. The van der Waals surface area contributed by atoms with Gasteiger partial charge in [0.15, 0.2) is 0 Å². The van der Waals surface area contributed by atoms with Gasteiger partial charge in [-0.2, -0.15) is 0 Å². The molecule has 0 unspecified atom stereocenters. The van der Waals surface area contributed by atoms with Crippen molar-refractivity contribution in [3.05, 3.63) is 94.3 Å². The van der Waals surface area contributed by atoms with E-state index in [1.54, 1.807) is 6.07 Å². The van der Waals surface area contributed by atoms with Crippen molar-refractivity contribution in [2.45, 2.75) is 13.3 Å². The summed E-state index contributed by atoms with van der Waals surface area (Å²) in [6, 6.07) is 18.1. The molecule has 0 aliphatic rings. The molecule has 5 nitrogen and oxygen atoms in total. The van der Waals surface area contributed by atoms with Crippen LogP contribution in [0.15, 0.2) is 66.9 Å². The first-order valence-corrected chi connectivity index (χ1v) is 9.26. The van der Waals surface area contributed by atoms with E-state index in [1.165, 1.54) is 12.3 Å². The standard InChI is InChI=1S/C22H20ClN3O2/c1-15-4-2-3-5-19(15)26-21(27)17-11-13-24-20(14-17)22(28)25-12-10-16-6-8-18(23)9-7-16/h2-9,11,13-14H,10,12H2,1H3,(H,25,28)(H,26,27). The maximum Gasteiger partial charge on any atom is 0.269 e. The fourth-order valence-electron chi connectivity index (χ4n) is 2.67. The molecule has 1 heterocycles. The maximum absolute atomic E-state index is 12.5. The quantitative estimate of drug-likeness (QED) is 0.657. The van der Waals surface area contributed by atoms with Crippen LogP contribution in [0.4, 0.5) is 5.69 Å². The summed E-state index contributed by atoms with van der Waals surface area (Å²) in [5.74, 6) is -0.605. The highest BCUT2D eigenvalue weighted by Gasteiger charge is 2.12. The Morgan fingerprint density at radius 3 is 2.50 bits per heavy atom. The second-order valence-corrected chi connectivity index (χ2v) is 6.77. The van der Waals surface area contributed by atoms with Crippen LogP contribution in [0.25, 0.3) is 0 Å². The normalized spacial score (nSPS) is 10.4. The molecule has 0 radical (unpaired) electrons. The molecule has 6 heteroatoms. The summed E-state index contributed by atoms with van der Waals surface area (Å²) < 4.78 is 0. The van der Waals surface area contributed by atoms with Gasteiger partial charge in [0.05, 0.1) is 0 Å². The van der Waals surface area contributed by atoms with Gasteiger partial charge in [-0.1, -0.05) is 41.9 Å². The third-order valence-corrected chi connectivity index (χ3v) is 4.51. The van der Waals surface area contributed by atoms with E-state index >= 15 is 0 Å². The van der Waals surface area contributed by atoms with Crippen LogP contribution in [0, 0.1) is 6.92 Å². The Hall–Kier alpha value is -3.18. The third-order valence-electron chi connectivity index (χ3n) is 4.26. The van der Waals surface area contributed by atoms with Crippen LogP contribution in [0.3, 0.4) is 0 Å². The fraction of sp³-hybridized carbons (Fsp3) is 0.136. The molecule has 2 aromatic carbocycles. The zero-order chi connectivity index (χ0) is 19.9. The lowest BCUT2D eigenvalue weighted by atomic mass is 10.1. The van der Waals surface area contributed by atoms with Crippen LogP contribution in [-0.2, 0) is 6.42 Å². The Labute approximate surface area is 168 Å². The number of pyridine rings is 1. The number of nitrogens with one attached hydrogen (secondary N) is 2. The average molecular weight is 394 g/mol. The number of amides is 2. The number of rotatable bonds is 6. The summed E-state index contributed by atoms with van der Waals surface area (Å²) in [6.45, 7) is 2.38. The van der Waals surface area contributed by atoms with Crippen LogP contribution < -0.4 is 10.6 Å². The third kappa shape index (κ3) is 5.18. The summed E-state index contributed by atoms with van der Waals surface area (Å²) in [6.07, 6.45) is 2.14. The van der Waals surface area contributed by atoms with Crippen molar-refractivity contribution in [1.82, 2.24) is 10.3 Å². The molecule has 3 aromatic rings. The molecule has 0 spiro atoms. The first-order chi connectivity index (χ1) is 13.5. The topological polar surface area (TPSA) is 71.1 Å². The minimum absolute atomic E-state index is 0.202. The molecule has 3 rings (SSSR count). The number of para-hydroxylation sites is 1. The first kappa shape index (κ1) is 19.6. The highest BCUT2D eigenvalue weighted by atomic mass is 35.5. The number of benzene rings is 2. The molecule has 0 atom stereocenters. The van der Waals surface area contributed by atoms with E-state index in [0.29, 0.717) is 23.6 Å². The number of hydrogen-bond acceptors (Lipinski definition) is 3. The van der Waals surface area contributed by atoms with E-state index in [-0.39, 0.29) is 17.5 Å². The second kappa shape index (κ2) is 9.15. The Bertz CT molecular complexity index is 987. The van der Waals surface area contributed by atoms with E-state index in [0.717, 1.165) is 16.8 Å². The lowest BCUT2D eigenvalue weighted by Gasteiger charge is -2.09. The van der Waals surface area contributed by atoms with Crippen LogP contribution in [0.1, 0.15) is 32.0 Å². The second-order valence-electron chi connectivity index (χ2n) is 6.33. The Morgan fingerprint density at radius 2 is 1.75 bits per heavy atom. The number of carbonyl (C=O) groups excluding carboxylic acids is 2. The van der Waals surface area contributed by atoms with Gasteiger partial charge >= 0.3 is 0 Å². The highest BCUT2D eigenvalue weighted by Crippen LogP contribution is 2.15. The summed E-state index contributed by atoms with van der Waals surface area (Å²) in [4.78, 5) is 28.9. The lowest BCUT2D eigenvalue weighted by molar-refractivity contribution is 0.0949. The Kier molecular flexibility index (Phi) is 6.40. The predicted molar refractivity (Wildman–Crippen MR) is 111 cm³/mol. The molecule has 0 saturated carbocycles. The van der Waals surface area contributed by atoms with Gasteiger partial charge in [0.25, 0.3) is 11.8 Å². The molecule has 0 bridgehead atoms. The van der Waals surface area contributed by atoms with Gasteiger partial charge in [-0.3, -0.25) is 14.6 Å². The summed E-state index contributed by atoms with van der Waals surface area (Å²) in [5.41, 5.74) is 3.35. The minimum atomic E-state index is -0.320. The van der Waals surface area contributed by atoms with Gasteiger partial charge in [-0.05, 0) is 54.8 Å². The molecule has 0 aliphatic carbocycles. The fourth-order valence-corrected chi connectivity index (χ4v) is 2.79. The number of nitrogens with zero attached hydrogens (tertiary/aromatic N) is 1. The van der Waals surface area contributed by atoms with Gasteiger partial charge < -0.3 is 10.6 Å². The largest absolute Gasteiger partial charge is 0.350 e. The van der Waals surface area contributed by atoms with Gasteiger partial charge in [0.1, 0.15) is 5.69 Å². The molecule has 2 amide bonds. The number of carbonyl (C=O) groups is 2. The van der Waals surface area contributed by atoms with E-state index in [4.69, 9.17) is 11.6 Å². The van der Waals surface area contributed by atoms with Crippen LogP contribution in [0.2, 0.25) is 5.02 Å². The van der Waals surface area contributed by atoms with E-state index in [9.17, 15) is 9.59 Å². The summed E-state index contributed by atoms with van der Waals surface area (Å²) in [7, 11) is 0.